The molecule has 2 fully saturated rings. The number of amides is 1. The largest absolute Gasteiger partial charge is 0.397 e. The molecule has 1 heterocycles. The molecular formula is C33H36FN3O. The average molecular weight is 510 g/mol. The molecule has 0 bridgehead atoms. The fourth-order valence-electron chi connectivity index (χ4n) is 7.23. The normalized spacial score (nSPS) is 26.6. The number of allylic oxidation sites excluding steroid dienone is 1. The minimum atomic E-state index is -0.431. The molecule has 1 amide bonds. The van der Waals surface area contributed by atoms with Gasteiger partial charge in [0.15, 0.2) is 0 Å². The Labute approximate surface area is 224 Å². The SMILES string of the molecule is Cc1cc(C(=O)Nc2cc(F)ccc2N)ccc1C1CCC(N2CCC3(C=Cc4ccccc43)C(C)C2)C1. The molecule has 3 N–H and O–H groups in total. The van der Waals surface area contributed by atoms with Gasteiger partial charge in [0, 0.05) is 23.6 Å². The molecule has 6 rings (SSSR count). The van der Waals surface area contributed by atoms with Crippen molar-refractivity contribution in [2.75, 3.05) is 24.1 Å². The van der Waals surface area contributed by atoms with Gasteiger partial charge in [-0.2, -0.15) is 0 Å². The Kier molecular flexibility index (Phi) is 6.35. The van der Waals surface area contributed by atoms with Crippen molar-refractivity contribution in [3.63, 3.8) is 0 Å². The zero-order chi connectivity index (χ0) is 26.4. The number of aryl methyl sites for hydroxylation is 1. The van der Waals surface area contributed by atoms with E-state index in [1.807, 2.05) is 12.1 Å². The first-order chi connectivity index (χ1) is 18.3. The summed E-state index contributed by atoms with van der Waals surface area (Å²) >= 11 is 0. The van der Waals surface area contributed by atoms with Gasteiger partial charge in [-0.15, -0.1) is 0 Å². The van der Waals surface area contributed by atoms with Gasteiger partial charge in [0.05, 0.1) is 11.4 Å². The van der Waals surface area contributed by atoms with Crippen molar-refractivity contribution < 1.29 is 9.18 Å². The van der Waals surface area contributed by atoms with Crippen molar-refractivity contribution in [3.05, 3.63) is 100 Å². The summed E-state index contributed by atoms with van der Waals surface area (Å²) in [6.07, 6.45) is 9.54. The third-order valence-corrected chi connectivity index (χ3v) is 9.38. The molecule has 5 heteroatoms. The number of carbonyl (C=O) groups excluding carboxylic acids is 1. The zero-order valence-corrected chi connectivity index (χ0v) is 22.2. The highest BCUT2D eigenvalue weighted by Crippen LogP contribution is 2.48. The lowest BCUT2D eigenvalue weighted by atomic mass is 9.68. The van der Waals surface area contributed by atoms with Gasteiger partial charge in [0.1, 0.15) is 5.82 Å². The smallest absolute Gasteiger partial charge is 0.255 e. The fourth-order valence-corrected chi connectivity index (χ4v) is 7.23. The lowest BCUT2D eigenvalue weighted by Gasteiger charge is -2.46. The first kappa shape index (κ1) is 24.9. The molecule has 1 saturated carbocycles. The molecule has 0 radical (unpaired) electrons. The van der Waals surface area contributed by atoms with E-state index in [4.69, 9.17) is 5.73 Å². The third kappa shape index (κ3) is 4.33. The number of nitrogens with one attached hydrogen (secondary N) is 1. The van der Waals surface area contributed by atoms with Crippen LogP contribution in [0.25, 0.3) is 6.08 Å². The van der Waals surface area contributed by atoms with Crippen LogP contribution < -0.4 is 11.1 Å². The van der Waals surface area contributed by atoms with Crippen molar-refractivity contribution in [2.45, 2.75) is 56.9 Å². The molecule has 2 aliphatic carbocycles. The Morgan fingerprint density at radius 2 is 1.95 bits per heavy atom. The fraction of sp³-hybridized carbons (Fsp3) is 0.364. The molecule has 0 aromatic heterocycles. The third-order valence-electron chi connectivity index (χ3n) is 9.38. The standard InChI is InChI=1S/C33H36FN3O/c1-21-17-25(32(38)36-31-19-26(34)9-12-30(31)35)8-11-28(21)24-7-10-27(18-24)37-16-15-33(22(2)20-37)14-13-23-5-3-4-6-29(23)33/h3-6,8-9,11-14,17,19,22,24,27H,7,10,15-16,18,20,35H2,1-2H3,(H,36,38). The number of benzene rings is 3. The molecule has 4 nitrogen and oxygen atoms in total. The van der Waals surface area contributed by atoms with Gasteiger partial charge in [0.2, 0.25) is 0 Å². The van der Waals surface area contributed by atoms with E-state index < -0.39 is 5.82 Å². The topological polar surface area (TPSA) is 58.4 Å². The predicted octanol–water partition coefficient (Wildman–Crippen LogP) is 6.91. The van der Waals surface area contributed by atoms with Crippen molar-refractivity contribution in [2.24, 2.45) is 5.92 Å². The number of halogens is 1. The molecule has 3 aromatic carbocycles. The van der Waals surface area contributed by atoms with Gasteiger partial charge in [-0.3, -0.25) is 4.79 Å². The van der Waals surface area contributed by atoms with Crippen molar-refractivity contribution in [1.82, 2.24) is 4.90 Å². The van der Waals surface area contributed by atoms with E-state index in [9.17, 15) is 9.18 Å². The average Bonchev–Trinajstić information content (AvgIpc) is 3.54. The van der Waals surface area contributed by atoms with Crippen LogP contribution in [0, 0.1) is 18.7 Å². The maximum absolute atomic E-state index is 13.6. The summed E-state index contributed by atoms with van der Waals surface area (Å²) in [7, 11) is 0. The van der Waals surface area contributed by atoms with E-state index in [0.29, 0.717) is 34.8 Å². The van der Waals surface area contributed by atoms with Crippen LogP contribution in [0.4, 0.5) is 15.8 Å². The summed E-state index contributed by atoms with van der Waals surface area (Å²) in [5.41, 5.74) is 12.7. The number of nitrogen functional groups attached to an aromatic ring is 1. The van der Waals surface area contributed by atoms with Gasteiger partial charge >= 0.3 is 0 Å². The molecule has 1 saturated heterocycles. The number of nitrogens with zero attached hydrogens (tertiary/aromatic N) is 1. The summed E-state index contributed by atoms with van der Waals surface area (Å²) in [4.78, 5) is 15.6. The van der Waals surface area contributed by atoms with Gasteiger partial charge in [0.25, 0.3) is 5.91 Å². The number of hydrogen-bond acceptors (Lipinski definition) is 3. The molecular weight excluding hydrogens is 473 g/mol. The van der Waals surface area contributed by atoms with E-state index >= 15 is 0 Å². The predicted molar refractivity (Wildman–Crippen MR) is 153 cm³/mol. The van der Waals surface area contributed by atoms with E-state index in [2.05, 4.69) is 66.5 Å². The first-order valence-corrected chi connectivity index (χ1v) is 13.8. The second-order valence-electron chi connectivity index (χ2n) is 11.5. The number of carbonyl (C=O) groups is 1. The molecule has 3 aromatic rings. The molecule has 4 atom stereocenters. The van der Waals surface area contributed by atoms with Crippen LogP contribution in [0.1, 0.15) is 71.1 Å². The maximum Gasteiger partial charge on any atom is 0.255 e. The van der Waals surface area contributed by atoms with Crippen LogP contribution in [0.15, 0.2) is 66.7 Å². The number of fused-ring (bicyclic) bond motifs is 2. The van der Waals surface area contributed by atoms with Gasteiger partial charge in [-0.05, 0) is 104 Å². The number of piperidine rings is 1. The summed E-state index contributed by atoms with van der Waals surface area (Å²) in [5.74, 6) is 0.385. The molecule has 3 aliphatic rings. The van der Waals surface area contributed by atoms with Crippen LogP contribution in [-0.2, 0) is 5.41 Å². The number of hydrogen-bond donors (Lipinski definition) is 2. The van der Waals surface area contributed by atoms with Crippen LogP contribution in [0.3, 0.4) is 0 Å². The summed E-state index contributed by atoms with van der Waals surface area (Å²) in [6, 6.07) is 19.4. The number of likely N-dealkylation sites (tertiary alicyclic amines) is 1. The van der Waals surface area contributed by atoms with Gasteiger partial charge in [-0.25, -0.2) is 4.39 Å². The first-order valence-electron chi connectivity index (χ1n) is 13.8. The van der Waals surface area contributed by atoms with Gasteiger partial charge in [-0.1, -0.05) is 49.4 Å². The summed E-state index contributed by atoms with van der Waals surface area (Å²) < 4.78 is 13.6. The minimum Gasteiger partial charge on any atom is -0.397 e. The Morgan fingerprint density at radius 1 is 1.11 bits per heavy atom. The number of nitrogens with two attached hydrogens (primary N) is 1. The molecule has 196 valence electrons. The monoisotopic (exact) mass is 509 g/mol. The lowest BCUT2D eigenvalue weighted by Crippen LogP contribution is -2.50. The van der Waals surface area contributed by atoms with Gasteiger partial charge < -0.3 is 16.0 Å². The Balaban J connectivity index is 1.11. The quantitative estimate of drug-likeness (QED) is 0.376. The van der Waals surface area contributed by atoms with Crippen LogP contribution in [-0.4, -0.2) is 29.9 Å². The minimum absolute atomic E-state index is 0.189. The van der Waals surface area contributed by atoms with Crippen LogP contribution in [0.2, 0.25) is 0 Å². The zero-order valence-electron chi connectivity index (χ0n) is 22.2. The lowest BCUT2D eigenvalue weighted by molar-refractivity contribution is 0.0898. The van der Waals surface area contributed by atoms with Crippen LogP contribution >= 0.6 is 0 Å². The van der Waals surface area contributed by atoms with E-state index in [1.54, 1.807) is 0 Å². The highest BCUT2D eigenvalue weighted by Gasteiger charge is 2.45. The van der Waals surface area contributed by atoms with E-state index in [0.717, 1.165) is 18.7 Å². The highest BCUT2D eigenvalue weighted by atomic mass is 19.1. The van der Waals surface area contributed by atoms with Crippen molar-refractivity contribution >= 4 is 23.4 Å². The van der Waals surface area contributed by atoms with E-state index in [-0.39, 0.29) is 11.3 Å². The Morgan fingerprint density at radius 3 is 2.76 bits per heavy atom. The molecule has 4 unspecified atom stereocenters. The van der Waals surface area contributed by atoms with E-state index in [1.165, 1.54) is 60.6 Å². The Bertz CT molecular complexity index is 1420. The summed E-state index contributed by atoms with van der Waals surface area (Å²) in [5, 5.41) is 2.75. The number of rotatable bonds is 4. The highest BCUT2D eigenvalue weighted by molar-refractivity contribution is 6.05. The second-order valence-corrected chi connectivity index (χ2v) is 11.5. The molecule has 38 heavy (non-hydrogen) atoms. The molecule has 1 spiro atoms. The Hall–Kier alpha value is -3.44. The number of anilines is 2. The van der Waals surface area contributed by atoms with Crippen molar-refractivity contribution in [3.8, 4) is 0 Å². The second kappa shape index (κ2) is 9.70. The van der Waals surface area contributed by atoms with Crippen LogP contribution in [0.5, 0.6) is 0 Å². The summed E-state index contributed by atoms with van der Waals surface area (Å²) in [6.45, 7) is 6.79. The maximum atomic E-state index is 13.6. The van der Waals surface area contributed by atoms with Crippen molar-refractivity contribution in [1.29, 1.82) is 0 Å². The molecule has 1 aliphatic heterocycles.